The first kappa shape index (κ1) is 43.1. The van der Waals surface area contributed by atoms with E-state index in [0.717, 1.165) is 39.3 Å². The number of nitrogens with one attached hydrogen (secondary N) is 4. The predicted molar refractivity (Wildman–Crippen MR) is 249 cm³/mol. The Kier molecular flexibility index (Phi) is 12.4. The zero-order chi connectivity index (χ0) is 44.3. The van der Waals surface area contributed by atoms with Gasteiger partial charge in [0.2, 0.25) is 5.95 Å². The molecule has 2 aromatic carbocycles. The van der Waals surface area contributed by atoms with Crippen molar-refractivity contribution in [2.75, 3.05) is 56.9 Å². The average Bonchev–Trinajstić information content (AvgIpc) is 4.01. The van der Waals surface area contributed by atoms with E-state index in [-0.39, 0.29) is 28.2 Å². The molecule has 0 aliphatic carbocycles. The van der Waals surface area contributed by atoms with Crippen LogP contribution in [0, 0.1) is 0 Å². The molecule has 320 valence electrons. The Bertz CT molecular complexity index is 3020. The van der Waals surface area contributed by atoms with Crippen molar-refractivity contribution in [1.82, 2.24) is 39.0 Å². The monoisotopic (exact) mass is 853 g/mol. The number of para-hydroxylation sites is 1. The Balaban J connectivity index is 1.25. The number of hydrogen-bond acceptors (Lipinski definition) is 11. The number of benzene rings is 2. The number of thiophene rings is 1. The van der Waals surface area contributed by atoms with E-state index in [1.54, 1.807) is 37.9 Å². The summed E-state index contributed by atoms with van der Waals surface area (Å²) in [5.41, 5.74) is 4.40. The number of carbonyl (C=O) groups excluding carboxylic acids is 1. The van der Waals surface area contributed by atoms with Crippen LogP contribution in [0.1, 0.15) is 37.0 Å². The molecule has 62 heavy (non-hydrogen) atoms. The van der Waals surface area contributed by atoms with Crippen molar-refractivity contribution < 1.29 is 9.53 Å². The lowest BCUT2D eigenvalue weighted by Crippen LogP contribution is -2.53. The van der Waals surface area contributed by atoms with Crippen LogP contribution in [-0.2, 0) is 23.8 Å². The fourth-order valence-electron chi connectivity index (χ4n) is 7.11. The van der Waals surface area contributed by atoms with Crippen molar-refractivity contribution >= 4 is 63.3 Å². The highest BCUT2D eigenvalue weighted by atomic mass is 32.1. The average molecular weight is 854 g/mol. The summed E-state index contributed by atoms with van der Waals surface area (Å²) < 4.78 is 9.22. The summed E-state index contributed by atoms with van der Waals surface area (Å²) >= 11 is 1.42. The van der Waals surface area contributed by atoms with Crippen LogP contribution in [0.15, 0.2) is 100 Å². The molecule has 0 bridgehead atoms. The van der Waals surface area contributed by atoms with E-state index >= 15 is 0 Å². The van der Waals surface area contributed by atoms with Gasteiger partial charge in [-0.05, 0) is 55.9 Å². The minimum atomic E-state index is -0.556. The third-order valence-corrected chi connectivity index (χ3v) is 11.2. The Morgan fingerprint density at radius 3 is 2.53 bits per heavy atom. The Morgan fingerprint density at radius 1 is 1.02 bits per heavy atom. The van der Waals surface area contributed by atoms with E-state index in [2.05, 4.69) is 58.7 Å². The summed E-state index contributed by atoms with van der Waals surface area (Å²) in [6.45, 7) is 11.3. The van der Waals surface area contributed by atoms with Crippen LogP contribution in [0.5, 0.6) is 5.75 Å². The van der Waals surface area contributed by atoms with Gasteiger partial charge in [0.05, 0.1) is 48.4 Å². The third-order valence-electron chi connectivity index (χ3n) is 10.4. The number of aryl methyl sites for hydroxylation is 1. The number of rotatable bonds is 14. The van der Waals surface area contributed by atoms with E-state index in [0.29, 0.717) is 41.0 Å². The molecule has 0 radical (unpaired) electrons. The largest absolute Gasteiger partial charge is 0.494 e. The lowest BCUT2D eigenvalue weighted by Gasteiger charge is -2.26. The van der Waals surface area contributed by atoms with Crippen molar-refractivity contribution in [2.24, 2.45) is 7.05 Å². The first-order chi connectivity index (χ1) is 29.6. The number of fused-ring (bicyclic) bond motifs is 1. The first-order valence-corrected chi connectivity index (χ1v) is 20.8. The van der Waals surface area contributed by atoms with Crippen molar-refractivity contribution in [1.29, 1.82) is 0 Å². The van der Waals surface area contributed by atoms with Crippen LogP contribution in [0.2, 0.25) is 0 Å². The molecule has 0 aliphatic rings. The second kappa shape index (κ2) is 17.9. The molecule has 0 fully saturated rings. The van der Waals surface area contributed by atoms with Crippen molar-refractivity contribution in [3.8, 4) is 17.0 Å². The van der Waals surface area contributed by atoms with Gasteiger partial charge in [-0.25, -0.2) is 15.0 Å². The van der Waals surface area contributed by atoms with Gasteiger partial charge in [0, 0.05) is 83.7 Å². The number of anilines is 4. The van der Waals surface area contributed by atoms with Crippen molar-refractivity contribution in [3.05, 3.63) is 139 Å². The number of carbonyl (C=O) groups is 1. The molecule has 5 heterocycles. The highest BCUT2D eigenvalue weighted by Gasteiger charge is 2.22. The number of aromatic amines is 2. The molecular formula is C46H51N11O4S. The van der Waals surface area contributed by atoms with Gasteiger partial charge in [-0.3, -0.25) is 19.0 Å². The van der Waals surface area contributed by atoms with Gasteiger partial charge < -0.3 is 39.7 Å². The molecule has 7 aromatic rings. The number of aromatic nitrogens is 7. The number of H-pyrrole nitrogens is 2. The SMILES string of the molecule is C=C(Cn1c(=O)/c(=C/c2nc[nH]c2C(C)(C)C)[nH]c(=O)/c1=C/c1cccs1)C(=O)Nc1cc(Nc2nccc(-c3cn(C)c4ccccc34)n2)c(OC)cc1N(C)CCN(C)C. The topological polar surface area (TPSA) is 171 Å². The number of imidazole rings is 1. The van der Waals surface area contributed by atoms with E-state index in [9.17, 15) is 14.4 Å². The van der Waals surface area contributed by atoms with E-state index in [4.69, 9.17) is 9.72 Å². The summed E-state index contributed by atoms with van der Waals surface area (Å²) in [6.07, 6.45) is 8.47. The van der Waals surface area contributed by atoms with Gasteiger partial charge in [0.1, 0.15) is 16.4 Å². The summed E-state index contributed by atoms with van der Waals surface area (Å²) in [5, 5.41) is 9.40. The Hall–Kier alpha value is -7.04. The first-order valence-electron chi connectivity index (χ1n) is 20.0. The molecule has 15 nitrogen and oxygen atoms in total. The van der Waals surface area contributed by atoms with Crippen LogP contribution in [0.4, 0.5) is 23.0 Å². The second-order valence-electron chi connectivity index (χ2n) is 16.3. The molecule has 0 aliphatic heterocycles. The van der Waals surface area contributed by atoms with Gasteiger partial charge in [-0.15, -0.1) is 11.3 Å². The minimum absolute atomic E-state index is 0.0200. The summed E-state index contributed by atoms with van der Waals surface area (Å²) in [6, 6.07) is 17.3. The molecule has 0 spiro atoms. The smallest absolute Gasteiger partial charge is 0.275 e. The van der Waals surface area contributed by atoms with Gasteiger partial charge >= 0.3 is 0 Å². The number of hydrogen-bond donors (Lipinski definition) is 4. The lowest BCUT2D eigenvalue weighted by molar-refractivity contribution is -0.113. The van der Waals surface area contributed by atoms with Crippen LogP contribution in [0.3, 0.4) is 0 Å². The quantitative estimate of drug-likeness (QED) is 0.107. The molecule has 7 rings (SSSR count). The zero-order valence-electron chi connectivity index (χ0n) is 36.2. The maximum Gasteiger partial charge on any atom is 0.275 e. The second-order valence-corrected chi connectivity index (χ2v) is 17.3. The molecule has 0 saturated heterocycles. The summed E-state index contributed by atoms with van der Waals surface area (Å²) in [7, 11) is 9.48. The number of likely N-dealkylation sites (N-methyl/N-ethyl adjacent to an activating group) is 2. The third kappa shape index (κ3) is 9.31. The molecule has 4 N–H and O–H groups in total. The van der Waals surface area contributed by atoms with Crippen LogP contribution < -0.4 is 42.1 Å². The number of amides is 1. The highest BCUT2D eigenvalue weighted by Crippen LogP contribution is 2.38. The molecule has 16 heteroatoms. The predicted octanol–water partition coefficient (Wildman–Crippen LogP) is 5.17. The molecule has 5 aromatic heterocycles. The number of ether oxygens (including phenoxy) is 1. The van der Waals surface area contributed by atoms with Gasteiger partial charge in [0.25, 0.3) is 17.0 Å². The van der Waals surface area contributed by atoms with Crippen LogP contribution in [0.25, 0.3) is 34.3 Å². The van der Waals surface area contributed by atoms with Crippen LogP contribution in [-0.4, -0.2) is 86.2 Å². The lowest BCUT2D eigenvalue weighted by atomic mass is 9.90. The zero-order valence-corrected chi connectivity index (χ0v) is 37.0. The molecule has 0 unspecified atom stereocenters. The molecule has 0 saturated carbocycles. The Morgan fingerprint density at radius 2 is 1.81 bits per heavy atom. The standard InChI is InChI=1S/C46H51N11O4S/c1-28(25-57-39(21-29-13-12-20-62-29)43(59)51-36(44(57)60)23-35-41(46(2,3)4)49-27-48-35)42(58)50-33-22-34(40(61-9)24-38(33)55(7)19-18-54(5)6)53-45-47-17-16-32(52-45)31-26-56(8)37-15-11-10-14-30(31)37/h10-17,20-24,26-27H,1,18-19,25H2,2-9H3,(H,48,49)(H,50,58)(H,51,59)(H,47,52,53)/b36-23-,39-21-. The molecular weight excluding hydrogens is 803 g/mol. The molecule has 0 atom stereocenters. The number of methoxy groups -OCH3 is 1. The number of nitrogens with zero attached hydrogens (tertiary/aromatic N) is 7. The Labute approximate surface area is 362 Å². The normalized spacial score (nSPS) is 12.3. The van der Waals surface area contributed by atoms with Gasteiger partial charge in [0.15, 0.2) is 0 Å². The molecule has 1 amide bonds. The van der Waals surface area contributed by atoms with Gasteiger partial charge in [-0.2, -0.15) is 0 Å². The fourth-order valence-corrected chi connectivity index (χ4v) is 7.76. The fraction of sp³-hybridized carbons (Fsp3) is 0.261. The highest BCUT2D eigenvalue weighted by molar-refractivity contribution is 7.10. The summed E-state index contributed by atoms with van der Waals surface area (Å²) in [5.74, 6) is 0.260. The van der Waals surface area contributed by atoms with Gasteiger partial charge in [-0.1, -0.05) is 51.6 Å². The van der Waals surface area contributed by atoms with E-state index in [1.165, 1.54) is 15.9 Å². The van der Waals surface area contributed by atoms with Crippen LogP contribution >= 0.6 is 11.3 Å². The maximum atomic E-state index is 14.3. The van der Waals surface area contributed by atoms with Crippen molar-refractivity contribution in [3.63, 3.8) is 0 Å². The maximum absolute atomic E-state index is 14.3. The van der Waals surface area contributed by atoms with E-state index in [1.807, 2.05) is 102 Å². The summed E-state index contributed by atoms with van der Waals surface area (Å²) in [4.78, 5) is 66.9. The minimum Gasteiger partial charge on any atom is -0.494 e. The van der Waals surface area contributed by atoms with Crippen molar-refractivity contribution in [2.45, 2.75) is 32.7 Å². The van der Waals surface area contributed by atoms with E-state index < -0.39 is 17.0 Å².